The van der Waals surface area contributed by atoms with E-state index >= 15 is 0 Å². The van der Waals surface area contributed by atoms with E-state index in [1.165, 1.54) is 5.39 Å². The van der Waals surface area contributed by atoms with E-state index in [2.05, 4.69) is 56.7 Å². The van der Waals surface area contributed by atoms with Crippen molar-refractivity contribution < 1.29 is 4.52 Å². The van der Waals surface area contributed by atoms with Gasteiger partial charge in [-0.3, -0.25) is 0 Å². The number of rotatable bonds is 4. The minimum atomic E-state index is 0.341. The van der Waals surface area contributed by atoms with Gasteiger partial charge in [0.05, 0.1) is 23.8 Å². The third-order valence-corrected chi connectivity index (χ3v) is 4.87. The van der Waals surface area contributed by atoms with Gasteiger partial charge in [0.25, 0.3) is 0 Å². The van der Waals surface area contributed by atoms with Gasteiger partial charge in [0, 0.05) is 28.7 Å². The smallest absolute Gasteiger partial charge is 0.231 e. The number of hydrogen-bond donors (Lipinski definition) is 1. The van der Waals surface area contributed by atoms with Crippen LogP contribution in [0.2, 0.25) is 0 Å². The topological polar surface area (TPSA) is 72.5 Å². The molecule has 0 saturated heterocycles. The van der Waals surface area contributed by atoms with Crippen molar-refractivity contribution in [1.29, 1.82) is 0 Å². The van der Waals surface area contributed by atoms with E-state index in [0.29, 0.717) is 24.2 Å². The van der Waals surface area contributed by atoms with Crippen molar-refractivity contribution >= 4 is 21.9 Å². The molecule has 0 aliphatic heterocycles. The molecule has 3 heterocycles. The Kier molecular flexibility index (Phi) is 3.57. The maximum absolute atomic E-state index is 5.52. The summed E-state index contributed by atoms with van der Waals surface area (Å²) in [5, 5.41) is 5.37. The van der Waals surface area contributed by atoms with Gasteiger partial charge in [-0.05, 0) is 43.7 Å². The normalized spacial score (nSPS) is 11.8. The minimum absolute atomic E-state index is 0.341. The van der Waals surface area contributed by atoms with Gasteiger partial charge in [-0.15, -0.1) is 0 Å². The van der Waals surface area contributed by atoms with Crippen LogP contribution in [0.5, 0.6) is 0 Å². The van der Waals surface area contributed by atoms with Crippen molar-refractivity contribution in [3.05, 3.63) is 66.4 Å². The highest BCUT2D eigenvalue weighted by Gasteiger charge is 2.14. The van der Waals surface area contributed by atoms with Crippen LogP contribution >= 0.6 is 0 Å². The Morgan fingerprint density at radius 2 is 2.04 bits per heavy atom. The lowest BCUT2D eigenvalue weighted by Crippen LogP contribution is -1.98. The molecule has 0 aliphatic rings. The van der Waals surface area contributed by atoms with Crippen LogP contribution < -0.4 is 0 Å². The first kappa shape index (κ1) is 15.8. The van der Waals surface area contributed by atoms with Crippen LogP contribution in [-0.2, 0) is 6.42 Å². The lowest BCUT2D eigenvalue weighted by atomic mass is 10.1. The van der Waals surface area contributed by atoms with Crippen LogP contribution in [0, 0.1) is 0 Å². The first-order chi connectivity index (χ1) is 13.2. The molecule has 0 bridgehead atoms. The van der Waals surface area contributed by atoms with Gasteiger partial charge in [0.15, 0.2) is 0 Å². The average Bonchev–Trinajstić information content (AvgIpc) is 3.40. The van der Waals surface area contributed by atoms with Crippen molar-refractivity contribution in [1.82, 2.24) is 24.7 Å². The first-order valence-corrected chi connectivity index (χ1v) is 9.03. The second kappa shape index (κ2) is 6.09. The van der Waals surface area contributed by atoms with Crippen LogP contribution in [0.3, 0.4) is 0 Å². The fourth-order valence-corrected chi connectivity index (χ4v) is 3.46. The van der Waals surface area contributed by atoms with Gasteiger partial charge < -0.3 is 14.1 Å². The summed E-state index contributed by atoms with van der Waals surface area (Å²) in [5.74, 6) is 1.20. The zero-order valence-electron chi connectivity index (χ0n) is 15.2. The van der Waals surface area contributed by atoms with Crippen LogP contribution in [0.4, 0.5) is 0 Å². The second-order valence-electron chi connectivity index (χ2n) is 7.00. The maximum atomic E-state index is 5.52. The molecule has 0 aliphatic carbocycles. The molecule has 27 heavy (non-hydrogen) atoms. The molecule has 1 N–H and O–H groups in total. The molecular weight excluding hydrogens is 338 g/mol. The number of fused-ring (bicyclic) bond motifs is 2. The number of nitrogens with one attached hydrogen (secondary N) is 1. The van der Waals surface area contributed by atoms with Crippen LogP contribution in [-0.4, -0.2) is 24.7 Å². The van der Waals surface area contributed by atoms with Crippen molar-refractivity contribution in [2.24, 2.45) is 0 Å². The molecule has 0 spiro atoms. The summed E-state index contributed by atoms with van der Waals surface area (Å²) < 4.78 is 7.66. The van der Waals surface area contributed by atoms with Crippen LogP contribution in [0.25, 0.3) is 33.3 Å². The molecular formula is C21H19N5O. The molecule has 5 rings (SSSR count). The summed E-state index contributed by atoms with van der Waals surface area (Å²) in [4.78, 5) is 12.3. The summed E-state index contributed by atoms with van der Waals surface area (Å²) in [7, 11) is 0. The fraction of sp³-hybridized carbons (Fsp3) is 0.190. The quantitative estimate of drug-likeness (QED) is 0.504. The number of benzene rings is 2. The number of aromatic amines is 1. The standard InChI is InChI=1S/C21H19N5O/c1-13(2)26-12-23-18-8-7-14(9-19(18)26)21-24-20(27-25-21)10-15-11-22-17-6-4-3-5-16(15)17/h3-9,11-13,22H,10H2,1-2H3. The van der Waals surface area contributed by atoms with E-state index in [0.717, 1.165) is 27.7 Å². The van der Waals surface area contributed by atoms with Crippen molar-refractivity contribution in [3.63, 3.8) is 0 Å². The highest BCUT2D eigenvalue weighted by molar-refractivity contribution is 5.83. The number of aromatic nitrogens is 5. The Morgan fingerprint density at radius 1 is 1.15 bits per heavy atom. The van der Waals surface area contributed by atoms with Gasteiger partial charge in [0.2, 0.25) is 11.7 Å². The van der Waals surface area contributed by atoms with Gasteiger partial charge >= 0.3 is 0 Å². The third-order valence-electron chi connectivity index (χ3n) is 4.87. The van der Waals surface area contributed by atoms with Gasteiger partial charge in [-0.2, -0.15) is 4.98 Å². The van der Waals surface area contributed by atoms with E-state index in [4.69, 9.17) is 4.52 Å². The maximum Gasteiger partial charge on any atom is 0.231 e. The average molecular weight is 357 g/mol. The number of nitrogens with zero attached hydrogens (tertiary/aromatic N) is 4. The van der Waals surface area contributed by atoms with E-state index in [-0.39, 0.29) is 0 Å². The number of hydrogen-bond acceptors (Lipinski definition) is 4. The molecule has 0 fully saturated rings. The molecule has 6 heteroatoms. The molecule has 0 unspecified atom stereocenters. The summed E-state index contributed by atoms with van der Waals surface area (Å²) in [5.41, 5.74) is 5.23. The SMILES string of the molecule is CC(C)n1cnc2ccc(-c3noc(Cc4c[nH]c5ccccc45)n3)cc21. The second-order valence-corrected chi connectivity index (χ2v) is 7.00. The van der Waals surface area contributed by atoms with E-state index in [9.17, 15) is 0 Å². The lowest BCUT2D eigenvalue weighted by Gasteiger charge is -2.07. The predicted octanol–water partition coefficient (Wildman–Crippen LogP) is 4.74. The first-order valence-electron chi connectivity index (χ1n) is 9.03. The Balaban J connectivity index is 1.48. The molecule has 6 nitrogen and oxygen atoms in total. The van der Waals surface area contributed by atoms with Gasteiger partial charge in [-0.25, -0.2) is 4.98 Å². The zero-order chi connectivity index (χ0) is 18.4. The van der Waals surface area contributed by atoms with Gasteiger partial charge in [-0.1, -0.05) is 23.4 Å². The number of para-hydroxylation sites is 1. The highest BCUT2D eigenvalue weighted by Crippen LogP contribution is 2.25. The Bertz CT molecular complexity index is 1240. The summed E-state index contributed by atoms with van der Waals surface area (Å²) in [6.45, 7) is 4.28. The predicted molar refractivity (Wildman–Crippen MR) is 105 cm³/mol. The molecule has 0 amide bonds. The molecule has 0 saturated carbocycles. The molecule has 2 aromatic carbocycles. The minimum Gasteiger partial charge on any atom is -0.361 e. The zero-order valence-corrected chi connectivity index (χ0v) is 15.2. The van der Waals surface area contributed by atoms with E-state index in [1.807, 2.05) is 36.8 Å². The third kappa shape index (κ3) is 2.70. The molecule has 134 valence electrons. The summed E-state index contributed by atoms with van der Waals surface area (Å²) in [6, 6.07) is 14.6. The van der Waals surface area contributed by atoms with Crippen LogP contribution in [0.1, 0.15) is 31.3 Å². The Labute approximate surface area is 155 Å². The summed E-state index contributed by atoms with van der Waals surface area (Å²) in [6.07, 6.45) is 4.47. The largest absolute Gasteiger partial charge is 0.361 e. The molecule has 0 atom stereocenters. The highest BCUT2D eigenvalue weighted by atomic mass is 16.5. The summed E-state index contributed by atoms with van der Waals surface area (Å²) >= 11 is 0. The van der Waals surface area contributed by atoms with E-state index < -0.39 is 0 Å². The molecule has 0 radical (unpaired) electrons. The van der Waals surface area contributed by atoms with Crippen LogP contribution in [0.15, 0.2) is 59.5 Å². The lowest BCUT2D eigenvalue weighted by molar-refractivity contribution is 0.386. The van der Waals surface area contributed by atoms with Crippen molar-refractivity contribution in [2.45, 2.75) is 26.3 Å². The van der Waals surface area contributed by atoms with Crippen molar-refractivity contribution in [3.8, 4) is 11.4 Å². The molecule has 3 aromatic heterocycles. The Morgan fingerprint density at radius 3 is 2.93 bits per heavy atom. The Hall–Kier alpha value is -3.41. The molecule has 5 aromatic rings. The van der Waals surface area contributed by atoms with Gasteiger partial charge in [0.1, 0.15) is 0 Å². The monoisotopic (exact) mass is 357 g/mol. The number of imidazole rings is 1. The van der Waals surface area contributed by atoms with Crippen molar-refractivity contribution in [2.75, 3.05) is 0 Å². The fourth-order valence-electron chi connectivity index (χ4n) is 3.46. The van der Waals surface area contributed by atoms with E-state index in [1.54, 1.807) is 0 Å². The number of H-pyrrole nitrogens is 1.